The molecule has 0 aromatic rings. The molecule has 0 bridgehead atoms. The quantitative estimate of drug-likeness (QED) is 0.292. The third-order valence-electron chi connectivity index (χ3n) is 3.08. The molecule has 0 spiro atoms. The minimum atomic E-state index is -3.85. The van der Waals surface area contributed by atoms with E-state index in [1.165, 1.54) is 19.3 Å². The number of nitrogens with one attached hydrogen (secondary N) is 1. The second-order valence-corrected chi connectivity index (χ2v) is 6.97. The van der Waals surface area contributed by atoms with Crippen molar-refractivity contribution in [1.29, 1.82) is 0 Å². The molecule has 5 nitrogen and oxygen atoms in total. The first-order valence-corrected chi connectivity index (χ1v) is 9.32. The second-order valence-electron chi connectivity index (χ2n) is 5.52. The number of phosphoric ester groups is 1. The minimum Gasteiger partial charge on any atom is -0.338 e. The van der Waals surface area contributed by atoms with Crippen molar-refractivity contribution in [3.05, 3.63) is 0 Å². The van der Waals surface area contributed by atoms with Gasteiger partial charge in [0.15, 0.2) is 0 Å². The Morgan fingerprint density at radius 2 is 1.52 bits per heavy atom. The van der Waals surface area contributed by atoms with Gasteiger partial charge >= 0.3 is 7.82 Å². The maximum atomic E-state index is 11.5. The van der Waals surface area contributed by atoms with E-state index in [2.05, 4.69) is 5.92 Å². The molecule has 0 saturated carbocycles. The van der Waals surface area contributed by atoms with Gasteiger partial charge in [-0.05, 0) is 12.8 Å². The maximum absolute atomic E-state index is 11.5. The van der Waals surface area contributed by atoms with Crippen molar-refractivity contribution in [2.75, 3.05) is 33.9 Å². The Labute approximate surface area is 129 Å². The fraction of sp³-hybridized carbons (Fsp3) is 0.867. The summed E-state index contributed by atoms with van der Waals surface area (Å²) in [4.78, 5) is 10.6. The summed E-state index contributed by atoms with van der Waals surface area (Å²) in [5.74, 6) is 2.64. The van der Waals surface area contributed by atoms with Gasteiger partial charge in [-0.25, -0.2) is 4.57 Å². The lowest BCUT2D eigenvalue weighted by atomic mass is 10.1. The lowest BCUT2D eigenvalue weighted by molar-refractivity contribution is -0.858. The van der Waals surface area contributed by atoms with Gasteiger partial charge in [0.1, 0.15) is 13.2 Å². The van der Waals surface area contributed by atoms with E-state index in [0.717, 1.165) is 37.0 Å². The molecule has 0 aliphatic heterocycles. The Kier molecular flexibility index (Phi) is 13.1. The summed E-state index contributed by atoms with van der Waals surface area (Å²) in [5.41, 5.74) is 0. The number of likely N-dealkylation sites (N-methyl/N-ethyl adjacent to an activating group) is 1. The van der Waals surface area contributed by atoms with E-state index in [1.54, 1.807) is 0 Å². The van der Waals surface area contributed by atoms with E-state index in [9.17, 15) is 9.46 Å². The van der Waals surface area contributed by atoms with Crippen molar-refractivity contribution in [3.8, 4) is 12.3 Å². The van der Waals surface area contributed by atoms with E-state index in [-0.39, 0.29) is 13.2 Å². The summed E-state index contributed by atoms with van der Waals surface area (Å²) in [7, 11) is 0.0600. The zero-order valence-corrected chi connectivity index (χ0v) is 14.4. The standard InChI is InChI=1S/C15H30NO4P/c1-4-5-6-7-8-9-10-11-12-14-19-21(17,18)20-15-13-16(2)3/h1H,5-15H2,2-3H3,(H,17,18)/p+1. The highest BCUT2D eigenvalue weighted by Gasteiger charge is 2.20. The van der Waals surface area contributed by atoms with E-state index in [4.69, 9.17) is 15.5 Å². The molecule has 0 fully saturated rings. The van der Waals surface area contributed by atoms with Gasteiger partial charge < -0.3 is 9.79 Å². The van der Waals surface area contributed by atoms with Gasteiger partial charge in [-0.15, -0.1) is 12.3 Å². The van der Waals surface area contributed by atoms with Crippen molar-refractivity contribution < 1.29 is 23.4 Å². The highest BCUT2D eigenvalue weighted by molar-refractivity contribution is 7.47. The number of quaternary nitrogens is 1. The Hall–Kier alpha value is -0.370. The highest BCUT2D eigenvalue weighted by Crippen LogP contribution is 2.42. The molecule has 0 aromatic heterocycles. The normalized spacial score (nSPS) is 14.0. The lowest BCUT2D eigenvalue weighted by Gasteiger charge is -2.13. The van der Waals surface area contributed by atoms with Crippen LogP contribution < -0.4 is 4.90 Å². The third-order valence-corrected chi connectivity index (χ3v) is 4.09. The molecular formula is C15H31NO4P+. The summed E-state index contributed by atoms with van der Waals surface area (Å²) >= 11 is 0. The summed E-state index contributed by atoms with van der Waals surface area (Å²) in [6.07, 6.45) is 13.7. The first kappa shape index (κ1) is 20.6. The number of hydrogen-bond donors (Lipinski definition) is 2. The maximum Gasteiger partial charge on any atom is 0.472 e. The van der Waals surface area contributed by atoms with Crippen LogP contribution in [0.3, 0.4) is 0 Å². The monoisotopic (exact) mass is 320 g/mol. The van der Waals surface area contributed by atoms with Gasteiger partial charge in [-0.2, -0.15) is 0 Å². The topological polar surface area (TPSA) is 60.2 Å². The first-order chi connectivity index (χ1) is 9.98. The molecule has 2 N–H and O–H groups in total. The third kappa shape index (κ3) is 15.8. The first-order valence-electron chi connectivity index (χ1n) is 7.82. The zero-order chi connectivity index (χ0) is 16.0. The molecule has 21 heavy (non-hydrogen) atoms. The van der Waals surface area contributed by atoms with Crippen LogP contribution in [0.2, 0.25) is 0 Å². The summed E-state index contributed by atoms with van der Waals surface area (Å²) in [5, 5.41) is 0. The van der Waals surface area contributed by atoms with Gasteiger partial charge in [0.05, 0.1) is 20.7 Å². The fourth-order valence-corrected chi connectivity index (χ4v) is 2.55. The van der Waals surface area contributed by atoms with Crippen LogP contribution in [0.25, 0.3) is 0 Å². The van der Waals surface area contributed by atoms with E-state index >= 15 is 0 Å². The molecule has 124 valence electrons. The van der Waals surface area contributed by atoms with Crippen LogP contribution in [0.5, 0.6) is 0 Å². The molecule has 1 unspecified atom stereocenters. The molecule has 0 amide bonds. The van der Waals surface area contributed by atoms with Crippen molar-refractivity contribution >= 4 is 7.82 Å². The van der Waals surface area contributed by atoms with Crippen molar-refractivity contribution in [3.63, 3.8) is 0 Å². The number of rotatable bonds is 14. The summed E-state index contributed by atoms with van der Waals surface area (Å²) < 4.78 is 21.3. The Bertz CT molecular complexity index is 328. The highest BCUT2D eigenvalue weighted by atomic mass is 31.2. The van der Waals surface area contributed by atoms with E-state index in [1.807, 2.05) is 14.1 Å². The number of phosphoric acid groups is 1. The SMILES string of the molecule is C#CCCCCCCCCCOP(=O)(O)OCC[NH+](C)C. The smallest absolute Gasteiger partial charge is 0.338 e. The number of unbranched alkanes of at least 4 members (excludes halogenated alkanes) is 7. The molecule has 0 heterocycles. The van der Waals surface area contributed by atoms with Crippen LogP contribution in [0.1, 0.15) is 51.4 Å². The largest absolute Gasteiger partial charge is 0.472 e. The van der Waals surface area contributed by atoms with Crippen molar-refractivity contribution in [2.24, 2.45) is 0 Å². The van der Waals surface area contributed by atoms with Crippen LogP contribution in [-0.2, 0) is 13.6 Å². The Balaban J connectivity index is 3.37. The Morgan fingerprint density at radius 1 is 1.00 bits per heavy atom. The van der Waals surface area contributed by atoms with Gasteiger partial charge in [0.2, 0.25) is 0 Å². The molecule has 6 heteroatoms. The predicted octanol–water partition coefficient (Wildman–Crippen LogP) is 2.02. The van der Waals surface area contributed by atoms with Crippen LogP contribution >= 0.6 is 7.82 Å². The predicted molar refractivity (Wildman–Crippen MR) is 85.2 cm³/mol. The van der Waals surface area contributed by atoms with Gasteiger partial charge in [-0.1, -0.05) is 32.1 Å². The lowest BCUT2D eigenvalue weighted by Crippen LogP contribution is -3.06. The molecule has 0 aliphatic carbocycles. The van der Waals surface area contributed by atoms with Crippen LogP contribution in [0, 0.1) is 12.3 Å². The van der Waals surface area contributed by atoms with Crippen LogP contribution in [0.15, 0.2) is 0 Å². The molecule has 0 aliphatic rings. The molecule has 0 rings (SSSR count). The van der Waals surface area contributed by atoms with Crippen LogP contribution in [0.4, 0.5) is 0 Å². The average Bonchev–Trinajstić information content (AvgIpc) is 2.40. The van der Waals surface area contributed by atoms with Gasteiger partial charge in [0.25, 0.3) is 0 Å². The second kappa shape index (κ2) is 13.3. The van der Waals surface area contributed by atoms with Crippen LogP contribution in [-0.4, -0.2) is 38.7 Å². The number of hydrogen-bond acceptors (Lipinski definition) is 3. The molecule has 0 saturated heterocycles. The molecule has 0 radical (unpaired) electrons. The van der Waals surface area contributed by atoms with Crippen molar-refractivity contribution in [2.45, 2.75) is 51.4 Å². The minimum absolute atomic E-state index is 0.230. The van der Waals surface area contributed by atoms with Gasteiger partial charge in [0, 0.05) is 6.42 Å². The zero-order valence-electron chi connectivity index (χ0n) is 13.5. The number of terminal acetylenes is 1. The average molecular weight is 320 g/mol. The molecular weight excluding hydrogens is 289 g/mol. The van der Waals surface area contributed by atoms with E-state index in [0.29, 0.717) is 6.54 Å². The Morgan fingerprint density at radius 3 is 2.10 bits per heavy atom. The summed E-state index contributed by atoms with van der Waals surface area (Å²) in [6.45, 7) is 1.18. The van der Waals surface area contributed by atoms with Gasteiger partial charge in [-0.3, -0.25) is 9.05 Å². The fourth-order valence-electron chi connectivity index (χ4n) is 1.80. The summed E-state index contributed by atoms with van der Waals surface area (Å²) in [6, 6.07) is 0. The van der Waals surface area contributed by atoms with Crippen molar-refractivity contribution in [1.82, 2.24) is 0 Å². The molecule has 1 atom stereocenters. The van der Waals surface area contributed by atoms with E-state index < -0.39 is 7.82 Å². The molecule has 0 aromatic carbocycles.